The molecule has 0 radical (unpaired) electrons. The molecular weight excluding hydrogens is 270 g/mol. The third-order valence-corrected chi connectivity index (χ3v) is 2.86. The fourth-order valence-electron chi connectivity index (χ4n) is 1.85. The van der Waals surface area contributed by atoms with Crippen molar-refractivity contribution in [1.82, 2.24) is 4.98 Å². The average molecular weight is 283 g/mol. The number of ether oxygens (including phenoxy) is 1. The van der Waals surface area contributed by atoms with E-state index in [4.69, 9.17) is 4.42 Å². The van der Waals surface area contributed by atoms with Gasteiger partial charge in [-0.05, 0) is 36.4 Å². The van der Waals surface area contributed by atoms with Crippen LogP contribution in [0.1, 0.15) is 0 Å². The van der Waals surface area contributed by atoms with Crippen LogP contribution in [0.2, 0.25) is 0 Å². The second-order valence-corrected chi connectivity index (χ2v) is 4.31. The minimum absolute atomic E-state index is 0.421. The Balaban J connectivity index is 1.74. The van der Waals surface area contributed by atoms with Crippen LogP contribution in [0.3, 0.4) is 0 Å². The molecule has 0 fully saturated rings. The van der Waals surface area contributed by atoms with Crippen LogP contribution in [-0.4, -0.2) is 18.2 Å². The summed E-state index contributed by atoms with van der Waals surface area (Å²) in [5.74, 6) is 0. The Morgan fingerprint density at radius 3 is 2.52 bits per heavy atom. The van der Waals surface area contributed by atoms with Crippen LogP contribution in [0, 0.1) is 0 Å². The van der Waals surface area contributed by atoms with Gasteiger partial charge < -0.3 is 14.5 Å². The van der Waals surface area contributed by atoms with Crippen LogP contribution in [0.4, 0.5) is 22.2 Å². The van der Waals surface area contributed by atoms with E-state index in [0.717, 1.165) is 16.8 Å². The second-order valence-electron chi connectivity index (χ2n) is 4.31. The number of anilines is 3. The van der Waals surface area contributed by atoms with E-state index in [1.54, 1.807) is 24.3 Å². The molecule has 0 saturated carbocycles. The summed E-state index contributed by atoms with van der Waals surface area (Å²) in [5.41, 5.74) is 2.97. The average Bonchev–Trinajstić information content (AvgIpc) is 2.91. The number of nitrogens with one attached hydrogen (secondary N) is 2. The lowest BCUT2D eigenvalue weighted by atomic mass is 10.3. The Kier molecular flexibility index (Phi) is 3.42. The van der Waals surface area contributed by atoms with Gasteiger partial charge in [-0.1, -0.05) is 12.1 Å². The number of methoxy groups -OCH3 is 1. The van der Waals surface area contributed by atoms with Gasteiger partial charge in [0, 0.05) is 11.4 Å². The number of nitrogens with zero attached hydrogens (tertiary/aromatic N) is 1. The minimum atomic E-state index is -0.505. The van der Waals surface area contributed by atoms with E-state index in [2.05, 4.69) is 20.4 Å². The van der Waals surface area contributed by atoms with Crippen LogP contribution in [0.15, 0.2) is 52.9 Å². The molecule has 21 heavy (non-hydrogen) atoms. The van der Waals surface area contributed by atoms with Crippen LogP contribution in [0.5, 0.6) is 0 Å². The van der Waals surface area contributed by atoms with Crippen molar-refractivity contribution in [3.63, 3.8) is 0 Å². The van der Waals surface area contributed by atoms with Crippen molar-refractivity contribution in [3.8, 4) is 0 Å². The fraction of sp³-hybridized carbons (Fsp3) is 0.0667. The fourth-order valence-corrected chi connectivity index (χ4v) is 1.85. The largest absolute Gasteiger partial charge is 0.453 e. The van der Waals surface area contributed by atoms with Crippen molar-refractivity contribution in [1.29, 1.82) is 0 Å². The smallest absolute Gasteiger partial charge is 0.411 e. The van der Waals surface area contributed by atoms with Gasteiger partial charge in [-0.3, -0.25) is 5.32 Å². The summed E-state index contributed by atoms with van der Waals surface area (Å²) in [6.07, 6.45) is -0.505. The SMILES string of the molecule is COC(=O)Nc1ccc(Nc2nc3ccccc3o2)cc1. The monoisotopic (exact) mass is 283 g/mol. The maximum absolute atomic E-state index is 11.1. The number of oxazole rings is 1. The molecule has 1 amide bonds. The molecule has 0 aliphatic rings. The highest BCUT2D eigenvalue weighted by Gasteiger charge is 2.05. The van der Waals surface area contributed by atoms with E-state index in [0.29, 0.717) is 11.7 Å². The summed E-state index contributed by atoms with van der Waals surface area (Å²) < 4.78 is 10.1. The number of carbonyl (C=O) groups excluding carboxylic acids is 1. The van der Waals surface area contributed by atoms with E-state index >= 15 is 0 Å². The third kappa shape index (κ3) is 2.94. The van der Waals surface area contributed by atoms with Crippen molar-refractivity contribution in [2.45, 2.75) is 0 Å². The van der Waals surface area contributed by atoms with Gasteiger partial charge in [0.1, 0.15) is 5.52 Å². The Bertz CT molecular complexity index is 732. The molecule has 3 rings (SSSR count). The molecule has 0 saturated heterocycles. The summed E-state index contributed by atoms with van der Waals surface area (Å²) in [6.45, 7) is 0. The maximum Gasteiger partial charge on any atom is 0.411 e. The zero-order valence-electron chi connectivity index (χ0n) is 11.3. The Morgan fingerprint density at radius 2 is 1.81 bits per heavy atom. The standard InChI is InChI=1S/C15H13N3O3/c1-20-15(19)17-11-8-6-10(7-9-11)16-14-18-12-4-2-3-5-13(12)21-14/h2-9H,1H3,(H,16,18)(H,17,19). The van der Waals surface area contributed by atoms with Crippen LogP contribution < -0.4 is 10.6 Å². The van der Waals surface area contributed by atoms with Gasteiger partial charge in [-0.15, -0.1) is 0 Å². The van der Waals surface area contributed by atoms with E-state index in [1.165, 1.54) is 7.11 Å². The molecule has 0 spiro atoms. The number of carbonyl (C=O) groups is 1. The number of hydrogen-bond donors (Lipinski definition) is 2. The van der Waals surface area contributed by atoms with Gasteiger partial charge in [-0.25, -0.2) is 4.79 Å². The molecule has 3 aromatic rings. The number of para-hydroxylation sites is 2. The molecule has 0 unspecified atom stereocenters. The molecule has 0 atom stereocenters. The molecular formula is C15H13N3O3. The lowest BCUT2D eigenvalue weighted by Crippen LogP contribution is -2.10. The van der Waals surface area contributed by atoms with E-state index in [1.807, 2.05) is 24.3 Å². The highest BCUT2D eigenvalue weighted by Crippen LogP contribution is 2.22. The molecule has 1 heterocycles. The van der Waals surface area contributed by atoms with Crippen molar-refractivity contribution >= 4 is 34.6 Å². The molecule has 0 aliphatic heterocycles. The number of hydrogen-bond acceptors (Lipinski definition) is 5. The number of benzene rings is 2. The van der Waals surface area contributed by atoms with Crippen molar-refractivity contribution in [2.24, 2.45) is 0 Å². The molecule has 6 nitrogen and oxygen atoms in total. The molecule has 6 heteroatoms. The zero-order chi connectivity index (χ0) is 14.7. The van der Waals surface area contributed by atoms with E-state index < -0.39 is 6.09 Å². The summed E-state index contributed by atoms with van der Waals surface area (Å²) in [7, 11) is 1.32. The summed E-state index contributed by atoms with van der Waals surface area (Å²) in [5, 5.41) is 5.64. The van der Waals surface area contributed by atoms with Crippen molar-refractivity contribution in [2.75, 3.05) is 17.7 Å². The van der Waals surface area contributed by atoms with Crippen molar-refractivity contribution in [3.05, 3.63) is 48.5 Å². The quantitative estimate of drug-likeness (QED) is 0.765. The lowest BCUT2D eigenvalue weighted by Gasteiger charge is -2.05. The number of fused-ring (bicyclic) bond motifs is 1. The van der Waals surface area contributed by atoms with E-state index in [-0.39, 0.29) is 0 Å². The van der Waals surface area contributed by atoms with Crippen LogP contribution >= 0.6 is 0 Å². The number of aromatic nitrogens is 1. The first kappa shape index (κ1) is 13.0. The highest BCUT2D eigenvalue weighted by molar-refractivity contribution is 5.84. The second kappa shape index (κ2) is 5.54. The van der Waals surface area contributed by atoms with Gasteiger partial charge in [0.15, 0.2) is 5.58 Å². The van der Waals surface area contributed by atoms with Gasteiger partial charge in [0.2, 0.25) is 0 Å². The molecule has 1 aromatic heterocycles. The normalized spacial score (nSPS) is 10.3. The van der Waals surface area contributed by atoms with Gasteiger partial charge in [0.25, 0.3) is 6.01 Å². The molecule has 0 aliphatic carbocycles. The highest BCUT2D eigenvalue weighted by atomic mass is 16.5. The molecule has 106 valence electrons. The molecule has 2 N–H and O–H groups in total. The number of rotatable bonds is 3. The molecule has 0 bridgehead atoms. The summed E-state index contributed by atoms with van der Waals surface area (Å²) >= 11 is 0. The van der Waals surface area contributed by atoms with Crippen molar-refractivity contribution < 1.29 is 13.9 Å². The maximum atomic E-state index is 11.1. The molecule has 2 aromatic carbocycles. The van der Waals surface area contributed by atoms with Gasteiger partial charge >= 0.3 is 6.09 Å². The third-order valence-electron chi connectivity index (χ3n) is 2.86. The minimum Gasteiger partial charge on any atom is -0.453 e. The first-order chi connectivity index (χ1) is 10.2. The Hall–Kier alpha value is -3.02. The summed E-state index contributed by atoms with van der Waals surface area (Å²) in [4.78, 5) is 15.4. The lowest BCUT2D eigenvalue weighted by molar-refractivity contribution is 0.187. The van der Waals surface area contributed by atoms with E-state index in [9.17, 15) is 4.79 Å². The topological polar surface area (TPSA) is 76.4 Å². The zero-order valence-corrected chi connectivity index (χ0v) is 11.3. The van der Waals surface area contributed by atoms with Gasteiger partial charge in [-0.2, -0.15) is 4.98 Å². The first-order valence-corrected chi connectivity index (χ1v) is 6.32. The Labute approximate surface area is 120 Å². The predicted octanol–water partition coefficient (Wildman–Crippen LogP) is 3.75. The first-order valence-electron chi connectivity index (χ1n) is 6.32. The predicted molar refractivity (Wildman–Crippen MR) is 79.8 cm³/mol. The van der Waals surface area contributed by atoms with Crippen LogP contribution in [0.25, 0.3) is 11.1 Å². The Morgan fingerprint density at radius 1 is 1.10 bits per heavy atom. The number of amides is 1. The van der Waals surface area contributed by atoms with Gasteiger partial charge in [0.05, 0.1) is 7.11 Å². The van der Waals surface area contributed by atoms with Crippen LogP contribution in [-0.2, 0) is 4.74 Å². The summed E-state index contributed by atoms with van der Waals surface area (Å²) in [6, 6.07) is 15.1.